The number of likely N-dealkylation sites (tertiary alicyclic amines) is 1. The van der Waals surface area contributed by atoms with Gasteiger partial charge < -0.3 is 15.0 Å². The average molecular weight is 405 g/mol. The number of pyridine rings is 2. The number of H-pyrrole nitrogens is 1. The van der Waals surface area contributed by atoms with Crippen molar-refractivity contribution in [1.29, 1.82) is 5.26 Å². The molecule has 0 spiro atoms. The minimum atomic E-state index is -0.516. The molecule has 1 saturated heterocycles. The van der Waals surface area contributed by atoms with Crippen LogP contribution < -0.4 is 5.32 Å². The third-order valence-electron chi connectivity index (χ3n) is 4.85. The van der Waals surface area contributed by atoms with Crippen molar-refractivity contribution in [3.8, 4) is 17.2 Å². The fourth-order valence-corrected chi connectivity index (χ4v) is 3.54. The summed E-state index contributed by atoms with van der Waals surface area (Å²) in [6.07, 6.45) is 7.16. The van der Waals surface area contributed by atoms with E-state index in [-0.39, 0.29) is 12.1 Å². The van der Waals surface area contributed by atoms with Crippen molar-refractivity contribution in [2.75, 3.05) is 18.4 Å². The SMILES string of the molecule is CC(C)(C)OC(=O)N1CC[C@@H](Nc2cc3c(-c4cn[nH]c4)c(C#N)cnc3cn2)C1. The summed E-state index contributed by atoms with van der Waals surface area (Å²) in [7, 11) is 0. The van der Waals surface area contributed by atoms with Crippen molar-refractivity contribution < 1.29 is 9.53 Å². The van der Waals surface area contributed by atoms with Crippen LogP contribution in [0.1, 0.15) is 32.8 Å². The van der Waals surface area contributed by atoms with Gasteiger partial charge in [0.25, 0.3) is 0 Å². The Morgan fingerprint density at radius 2 is 2.17 bits per heavy atom. The zero-order chi connectivity index (χ0) is 21.3. The fourth-order valence-electron chi connectivity index (χ4n) is 3.54. The standard InChI is InChI=1S/C21H23N7O2/c1-21(2,3)30-20(29)28-5-4-15(12-28)27-18-6-16-17(11-24-18)23-8-13(7-22)19(16)14-9-25-26-10-14/h6,8-11,15H,4-5,12H2,1-3H3,(H,24,27)(H,25,26)/t15-/m1/s1. The highest BCUT2D eigenvalue weighted by atomic mass is 16.6. The lowest BCUT2D eigenvalue weighted by atomic mass is 10.0. The normalized spacial score (nSPS) is 16.5. The Hall–Kier alpha value is -3.67. The quantitative estimate of drug-likeness (QED) is 0.686. The van der Waals surface area contributed by atoms with E-state index in [1.54, 1.807) is 29.7 Å². The first-order chi connectivity index (χ1) is 14.3. The van der Waals surface area contributed by atoms with E-state index in [0.717, 1.165) is 22.9 Å². The van der Waals surface area contributed by atoms with Gasteiger partial charge in [0.1, 0.15) is 17.5 Å². The third kappa shape index (κ3) is 4.03. The molecule has 1 aliphatic rings. The Labute approximate surface area is 174 Å². The van der Waals surface area contributed by atoms with E-state index in [0.29, 0.717) is 30.0 Å². The second kappa shape index (κ2) is 7.63. The van der Waals surface area contributed by atoms with E-state index in [2.05, 4.69) is 31.6 Å². The van der Waals surface area contributed by atoms with Gasteiger partial charge >= 0.3 is 6.09 Å². The van der Waals surface area contributed by atoms with Crippen LogP contribution in [0.15, 0.2) is 30.9 Å². The molecule has 9 nitrogen and oxygen atoms in total. The molecule has 0 aromatic carbocycles. The summed E-state index contributed by atoms with van der Waals surface area (Å²) in [6, 6.07) is 4.15. The van der Waals surface area contributed by atoms with Crippen LogP contribution in [0.5, 0.6) is 0 Å². The van der Waals surface area contributed by atoms with Crippen LogP contribution in [-0.2, 0) is 4.74 Å². The fraction of sp³-hybridized carbons (Fsp3) is 0.381. The molecule has 1 amide bonds. The van der Waals surface area contributed by atoms with Gasteiger partial charge in [-0.1, -0.05) is 0 Å². The smallest absolute Gasteiger partial charge is 0.410 e. The second-order valence-corrected chi connectivity index (χ2v) is 8.29. The number of carbonyl (C=O) groups is 1. The van der Waals surface area contributed by atoms with Gasteiger partial charge in [0.2, 0.25) is 0 Å². The average Bonchev–Trinajstić information content (AvgIpc) is 3.38. The number of fused-ring (bicyclic) bond motifs is 1. The van der Waals surface area contributed by atoms with E-state index in [1.807, 2.05) is 26.8 Å². The molecule has 1 fully saturated rings. The van der Waals surface area contributed by atoms with Crippen LogP contribution >= 0.6 is 0 Å². The molecule has 2 N–H and O–H groups in total. The van der Waals surface area contributed by atoms with Gasteiger partial charge in [-0.25, -0.2) is 9.78 Å². The van der Waals surface area contributed by atoms with Gasteiger partial charge in [-0.2, -0.15) is 10.4 Å². The van der Waals surface area contributed by atoms with Crippen LogP contribution in [0, 0.1) is 11.3 Å². The van der Waals surface area contributed by atoms with Crippen LogP contribution in [0.2, 0.25) is 0 Å². The topological polar surface area (TPSA) is 120 Å². The minimum absolute atomic E-state index is 0.0620. The summed E-state index contributed by atoms with van der Waals surface area (Å²) >= 11 is 0. The molecular weight excluding hydrogens is 382 g/mol. The van der Waals surface area contributed by atoms with Gasteiger partial charge in [0.15, 0.2) is 0 Å². The predicted octanol–water partition coefficient (Wildman–Crippen LogP) is 3.31. The van der Waals surface area contributed by atoms with Crippen LogP contribution in [0.25, 0.3) is 22.0 Å². The number of nitriles is 1. The van der Waals surface area contributed by atoms with Gasteiger partial charge in [-0.3, -0.25) is 10.1 Å². The van der Waals surface area contributed by atoms with Crippen molar-refractivity contribution in [3.63, 3.8) is 0 Å². The summed E-state index contributed by atoms with van der Waals surface area (Å²) in [4.78, 5) is 22.8. The minimum Gasteiger partial charge on any atom is -0.444 e. The number of hydrogen-bond donors (Lipinski definition) is 2. The zero-order valence-electron chi connectivity index (χ0n) is 17.1. The van der Waals surface area contributed by atoms with Crippen molar-refractivity contribution >= 4 is 22.8 Å². The number of carbonyl (C=O) groups excluding carboxylic acids is 1. The molecule has 3 aromatic heterocycles. The molecular formula is C21H23N7O2. The lowest BCUT2D eigenvalue weighted by Crippen LogP contribution is -2.36. The first kappa shape index (κ1) is 19.6. The Morgan fingerprint density at radius 1 is 1.33 bits per heavy atom. The summed E-state index contributed by atoms with van der Waals surface area (Å²) in [5.41, 5.74) is 2.23. The van der Waals surface area contributed by atoms with Gasteiger partial charge in [0.05, 0.1) is 23.5 Å². The van der Waals surface area contributed by atoms with E-state index in [4.69, 9.17) is 4.74 Å². The largest absolute Gasteiger partial charge is 0.444 e. The molecule has 0 saturated carbocycles. The molecule has 0 unspecified atom stereocenters. The molecule has 9 heteroatoms. The molecule has 3 aromatic rings. The van der Waals surface area contributed by atoms with Crippen molar-refractivity contribution in [2.24, 2.45) is 0 Å². The Kier molecular flexibility index (Phi) is 4.99. The molecule has 1 atom stereocenters. The maximum Gasteiger partial charge on any atom is 0.410 e. The Balaban J connectivity index is 1.57. The van der Waals surface area contributed by atoms with Crippen LogP contribution in [-0.4, -0.2) is 55.9 Å². The highest BCUT2D eigenvalue weighted by Gasteiger charge is 2.30. The lowest BCUT2D eigenvalue weighted by molar-refractivity contribution is 0.0293. The molecule has 0 bridgehead atoms. The predicted molar refractivity (Wildman–Crippen MR) is 112 cm³/mol. The van der Waals surface area contributed by atoms with E-state index < -0.39 is 5.60 Å². The molecule has 30 heavy (non-hydrogen) atoms. The molecule has 4 heterocycles. The van der Waals surface area contributed by atoms with Crippen LogP contribution in [0.4, 0.5) is 10.6 Å². The number of amides is 1. The number of rotatable bonds is 3. The number of aromatic amines is 1. The summed E-state index contributed by atoms with van der Waals surface area (Å²) in [5, 5.41) is 20.5. The zero-order valence-corrected chi connectivity index (χ0v) is 17.1. The summed E-state index contributed by atoms with van der Waals surface area (Å²) in [5.74, 6) is 0.667. The summed E-state index contributed by atoms with van der Waals surface area (Å²) < 4.78 is 5.46. The molecule has 0 radical (unpaired) electrons. The number of aromatic nitrogens is 4. The van der Waals surface area contributed by atoms with E-state index >= 15 is 0 Å². The molecule has 1 aliphatic heterocycles. The highest BCUT2D eigenvalue weighted by Crippen LogP contribution is 2.31. The summed E-state index contributed by atoms with van der Waals surface area (Å²) in [6.45, 7) is 6.74. The van der Waals surface area contributed by atoms with Crippen LogP contribution in [0.3, 0.4) is 0 Å². The number of nitrogens with zero attached hydrogens (tertiary/aromatic N) is 5. The first-order valence-corrected chi connectivity index (χ1v) is 9.76. The second-order valence-electron chi connectivity index (χ2n) is 8.29. The lowest BCUT2D eigenvalue weighted by Gasteiger charge is -2.24. The van der Waals surface area contributed by atoms with E-state index in [9.17, 15) is 10.1 Å². The van der Waals surface area contributed by atoms with Gasteiger partial charge in [0, 0.05) is 48.0 Å². The van der Waals surface area contributed by atoms with Crippen molar-refractivity contribution in [2.45, 2.75) is 38.8 Å². The molecule has 0 aliphatic carbocycles. The van der Waals surface area contributed by atoms with Crippen molar-refractivity contribution in [1.82, 2.24) is 25.1 Å². The van der Waals surface area contributed by atoms with Crippen molar-refractivity contribution in [3.05, 3.63) is 36.4 Å². The number of nitrogens with one attached hydrogen (secondary N) is 2. The Morgan fingerprint density at radius 3 is 2.87 bits per heavy atom. The highest BCUT2D eigenvalue weighted by molar-refractivity contribution is 5.97. The third-order valence-corrected chi connectivity index (χ3v) is 4.85. The van der Waals surface area contributed by atoms with E-state index in [1.165, 1.54) is 0 Å². The number of anilines is 1. The first-order valence-electron chi connectivity index (χ1n) is 9.76. The molecule has 4 rings (SSSR count). The number of ether oxygens (including phenoxy) is 1. The van der Waals surface area contributed by atoms with Gasteiger partial charge in [-0.15, -0.1) is 0 Å². The van der Waals surface area contributed by atoms with Gasteiger partial charge in [-0.05, 0) is 33.3 Å². The molecule has 154 valence electrons. The number of hydrogen-bond acceptors (Lipinski definition) is 7. The maximum atomic E-state index is 12.3. The Bertz CT molecular complexity index is 1110. The monoisotopic (exact) mass is 405 g/mol. The maximum absolute atomic E-state index is 12.3.